The summed E-state index contributed by atoms with van der Waals surface area (Å²) in [5, 5.41) is 11.6. The van der Waals surface area contributed by atoms with E-state index in [9.17, 15) is 4.79 Å². The molecule has 1 heterocycles. The molecule has 1 saturated heterocycles. The lowest BCUT2D eigenvalue weighted by Crippen LogP contribution is -2.33. The molecule has 0 bridgehead atoms. The molecular formula is C16H18N2O2. The minimum absolute atomic E-state index is 0.275. The zero-order valence-corrected chi connectivity index (χ0v) is 11.2. The first-order valence-electron chi connectivity index (χ1n) is 6.82. The van der Waals surface area contributed by atoms with Crippen molar-refractivity contribution in [2.75, 3.05) is 13.1 Å². The average molecular weight is 270 g/mol. The lowest BCUT2D eigenvalue weighted by Gasteiger charge is -2.16. The zero-order chi connectivity index (χ0) is 14.1. The van der Waals surface area contributed by atoms with Gasteiger partial charge in [0.2, 0.25) is 0 Å². The minimum Gasteiger partial charge on any atom is -0.481 e. The molecule has 104 valence electrons. The molecule has 4 nitrogen and oxygen atoms in total. The second-order valence-corrected chi connectivity index (χ2v) is 5.44. The van der Waals surface area contributed by atoms with Crippen LogP contribution >= 0.6 is 0 Å². The SMILES string of the molecule is NC1CN(Cc2cccc3ccccc23)CC1C(=O)O. The average Bonchev–Trinajstić information content (AvgIpc) is 2.80. The molecular weight excluding hydrogens is 252 g/mol. The number of carboxylic acid groups (broad SMARTS) is 1. The summed E-state index contributed by atoms with van der Waals surface area (Å²) < 4.78 is 0. The van der Waals surface area contributed by atoms with Crippen molar-refractivity contribution in [2.24, 2.45) is 11.7 Å². The van der Waals surface area contributed by atoms with Gasteiger partial charge in [0.15, 0.2) is 0 Å². The van der Waals surface area contributed by atoms with Crippen LogP contribution in [0.5, 0.6) is 0 Å². The Kier molecular flexibility index (Phi) is 3.42. The van der Waals surface area contributed by atoms with Gasteiger partial charge in [0.1, 0.15) is 0 Å². The van der Waals surface area contributed by atoms with E-state index in [1.54, 1.807) is 0 Å². The molecule has 0 saturated carbocycles. The number of rotatable bonds is 3. The van der Waals surface area contributed by atoms with Crippen molar-refractivity contribution in [2.45, 2.75) is 12.6 Å². The Morgan fingerprint density at radius 2 is 1.95 bits per heavy atom. The Morgan fingerprint density at radius 1 is 1.20 bits per heavy atom. The number of carboxylic acids is 1. The normalized spacial score (nSPS) is 23.2. The number of hydrogen-bond acceptors (Lipinski definition) is 3. The smallest absolute Gasteiger partial charge is 0.309 e. The van der Waals surface area contributed by atoms with Crippen LogP contribution in [0, 0.1) is 5.92 Å². The summed E-state index contributed by atoms with van der Waals surface area (Å²) in [4.78, 5) is 13.2. The summed E-state index contributed by atoms with van der Waals surface area (Å²) in [6.45, 7) is 1.92. The van der Waals surface area contributed by atoms with E-state index >= 15 is 0 Å². The summed E-state index contributed by atoms with van der Waals surface area (Å²) in [6.07, 6.45) is 0. The first-order valence-corrected chi connectivity index (χ1v) is 6.82. The lowest BCUT2D eigenvalue weighted by molar-refractivity contribution is -0.141. The summed E-state index contributed by atoms with van der Waals surface area (Å²) in [5.41, 5.74) is 7.14. The van der Waals surface area contributed by atoms with Crippen LogP contribution in [-0.2, 0) is 11.3 Å². The van der Waals surface area contributed by atoms with Gasteiger partial charge in [-0.1, -0.05) is 42.5 Å². The second kappa shape index (κ2) is 5.23. The number of hydrogen-bond donors (Lipinski definition) is 2. The molecule has 2 aromatic rings. The second-order valence-electron chi connectivity index (χ2n) is 5.44. The Morgan fingerprint density at radius 3 is 2.70 bits per heavy atom. The first kappa shape index (κ1) is 13.1. The molecule has 2 atom stereocenters. The van der Waals surface area contributed by atoms with Gasteiger partial charge in [0, 0.05) is 25.7 Å². The molecule has 2 aromatic carbocycles. The fourth-order valence-corrected chi connectivity index (χ4v) is 2.98. The molecule has 3 rings (SSSR count). The van der Waals surface area contributed by atoms with Crippen molar-refractivity contribution < 1.29 is 9.90 Å². The van der Waals surface area contributed by atoms with Gasteiger partial charge in [-0.05, 0) is 16.3 Å². The molecule has 0 aliphatic carbocycles. The largest absolute Gasteiger partial charge is 0.481 e. The fourth-order valence-electron chi connectivity index (χ4n) is 2.98. The van der Waals surface area contributed by atoms with E-state index in [0.29, 0.717) is 13.1 Å². The predicted molar refractivity (Wildman–Crippen MR) is 78.3 cm³/mol. The minimum atomic E-state index is -0.794. The third-order valence-corrected chi connectivity index (χ3v) is 4.03. The molecule has 0 aromatic heterocycles. The number of nitrogens with zero attached hydrogens (tertiary/aromatic N) is 1. The van der Waals surface area contributed by atoms with Crippen LogP contribution in [0.2, 0.25) is 0 Å². The van der Waals surface area contributed by atoms with Gasteiger partial charge in [0.05, 0.1) is 5.92 Å². The highest BCUT2D eigenvalue weighted by molar-refractivity contribution is 5.85. The maximum absolute atomic E-state index is 11.1. The molecule has 20 heavy (non-hydrogen) atoms. The van der Waals surface area contributed by atoms with Crippen LogP contribution in [0.15, 0.2) is 42.5 Å². The third-order valence-electron chi connectivity index (χ3n) is 4.03. The van der Waals surface area contributed by atoms with Crippen LogP contribution in [-0.4, -0.2) is 35.1 Å². The van der Waals surface area contributed by atoms with E-state index in [1.165, 1.54) is 16.3 Å². The van der Waals surface area contributed by atoms with E-state index < -0.39 is 11.9 Å². The van der Waals surface area contributed by atoms with Gasteiger partial charge in [-0.15, -0.1) is 0 Å². The molecule has 0 amide bonds. The topological polar surface area (TPSA) is 66.6 Å². The van der Waals surface area contributed by atoms with E-state index in [1.807, 2.05) is 18.2 Å². The maximum atomic E-state index is 11.1. The van der Waals surface area contributed by atoms with Crippen molar-refractivity contribution in [1.29, 1.82) is 0 Å². The zero-order valence-electron chi connectivity index (χ0n) is 11.2. The monoisotopic (exact) mass is 270 g/mol. The van der Waals surface area contributed by atoms with E-state index in [0.717, 1.165) is 6.54 Å². The van der Waals surface area contributed by atoms with Gasteiger partial charge in [-0.25, -0.2) is 0 Å². The molecule has 0 spiro atoms. The molecule has 4 heteroatoms. The fraction of sp³-hybridized carbons (Fsp3) is 0.312. The van der Waals surface area contributed by atoms with Crippen LogP contribution in [0.3, 0.4) is 0 Å². The van der Waals surface area contributed by atoms with Crippen molar-refractivity contribution in [3.63, 3.8) is 0 Å². The number of carbonyl (C=O) groups is 1. The molecule has 2 unspecified atom stereocenters. The standard InChI is InChI=1S/C16H18N2O2/c17-15-10-18(9-14(15)16(19)20)8-12-6-3-5-11-4-1-2-7-13(11)12/h1-7,14-15H,8-10,17H2,(H,19,20). The van der Waals surface area contributed by atoms with Crippen molar-refractivity contribution in [3.8, 4) is 0 Å². The Hall–Kier alpha value is -1.91. The van der Waals surface area contributed by atoms with E-state index in [2.05, 4.69) is 29.2 Å². The first-order chi connectivity index (χ1) is 9.65. The highest BCUT2D eigenvalue weighted by Gasteiger charge is 2.35. The summed E-state index contributed by atoms with van der Waals surface area (Å²) in [5.74, 6) is -1.25. The van der Waals surface area contributed by atoms with Gasteiger partial charge in [-0.2, -0.15) is 0 Å². The van der Waals surface area contributed by atoms with Gasteiger partial charge in [-0.3, -0.25) is 9.69 Å². The molecule has 1 aliphatic heterocycles. The number of nitrogens with two attached hydrogens (primary N) is 1. The Labute approximate surface area is 117 Å². The van der Waals surface area contributed by atoms with Crippen LogP contribution in [0.4, 0.5) is 0 Å². The van der Waals surface area contributed by atoms with Gasteiger partial charge in [0.25, 0.3) is 0 Å². The Balaban J connectivity index is 1.82. The lowest BCUT2D eigenvalue weighted by atomic mass is 10.0. The molecule has 3 N–H and O–H groups in total. The van der Waals surface area contributed by atoms with E-state index in [4.69, 9.17) is 10.8 Å². The molecule has 1 aliphatic rings. The summed E-state index contributed by atoms with van der Waals surface area (Å²) in [7, 11) is 0. The van der Waals surface area contributed by atoms with Gasteiger partial charge < -0.3 is 10.8 Å². The van der Waals surface area contributed by atoms with Crippen molar-refractivity contribution >= 4 is 16.7 Å². The van der Waals surface area contributed by atoms with Crippen LogP contribution < -0.4 is 5.73 Å². The van der Waals surface area contributed by atoms with Crippen LogP contribution in [0.1, 0.15) is 5.56 Å². The van der Waals surface area contributed by atoms with Gasteiger partial charge >= 0.3 is 5.97 Å². The third kappa shape index (κ3) is 2.40. The summed E-state index contributed by atoms with van der Waals surface area (Å²) in [6, 6.07) is 14.2. The van der Waals surface area contributed by atoms with E-state index in [-0.39, 0.29) is 6.04 Å². The number of fused-ring (bicyclic) bond motifs is 1. The quantitative estimate of drug-likeness (QED) is 0.890. The highest BCUT2D eigenvalue weighted by Crippen LogP contribution is 2.23. The van der Waals surface area contributed by atoms with Crippen molar-refractivity contribution in [3.05, 3.63) is 48.0 Å². The molecule has 1 fully saturated rings. The number of benzene rings is 2. The van der Waals surface area contributed by atoms with Crippen LogP contribution in [0.25, 0.3) is 10.8 Å². The predicted octanol–water partition coefficient (Wildman–Crippen LogP) is 1.68. The molecule has 0 radical (unpaired) electrons. The van der Waals surface area contributed by atoms with Crippen molar-refractivity contribution in [1.82, 2.24) is 4.90 Å². The maximum Gasteiger partial charge on any atom is 0.309 e. The highest BCUT2D eigenvalue weighted by atomic mass is 16.4. The summed E-state index contributed by atoms with van der Waals surface area (Å²) >= 11 is 0. The number of likely N-dealkylation sites (tertiary alicyclic amines) is 1. The number of aliphatic carboxylic acids is 1. The Bertz CT molecular complexity index is 636.